The minimum absolute atomic E-state index is 0. The molecule has 1 aromatic heterocycles. The predicted molar refractivity (Wildman–Crippen MR) is 331 cm³/mol. The van der Waals surface area contributed by atoms with Crippen LogP contribution in [-0.4, -0.2) is 124 Å². The number of amides is 7. The van der Waals surface area contributed by atoms with Crippen molar-refractivity contribution in [3.05, 3.63) is 85.2 Å². The van der Waals surface area contributed by atoms with E-state index in [1.165, 1.54) is 13.3 Å². The van der Waals surface area contributed by atoms with E-state index >= 15 is 0 Å². The number of fused-ring (bicyclic) bond motifs is 10. The number of allylic oxidation sites excluding steroid dienone is 3. The van der Waals surface area contributed by atoms with Crippen molar-refractivity contribution >= 4 is 60.2 Å². The van der Waals surface area contributed by atoms with Crippen LogP contribution in [0.1, 0.15) is 150 Å². The van der Waals surface area contributed by atoms with Gasteiger partial charge in [0.1, 0.15) is 18.3 Å². The normalized spacial score (nSPS) is 36.3. The number of nitrogens with one attached hydrogen (secondary N) is 1. The molecule has 16 N–H and O–H groups in total. The van der Waals surface area contributed by atoms with E-state index in [0.717, 1.165) is 11.1 Å². The molecule has 0 spiro atoms. The van der Waals surface area contributed by atoms with Gasteiger partial charge in [0.25, 0.3) is 0 Å². The Bertz CT molecular complexity index is 3340. The van der Waals surface area contributed by atoms with Gasteiger partial charge in [0.2, 0.25) is 41.4 Å². The molecule has 18 atom stereocenters. The van der Waals surface area contributed by atoms with E-state index in [1.54, 1.807) is 4.57 Å². The molecule has 507 valence electrons. The number of hydrogen-bond donors (Lipinski definition) is 10. The Morgan fingerprint density at radius 2 is 1.31 bits per heavy atom. The molecular formula is C62H92CoN13O14P-4. The molecule has 8 bridgehead atoms. The number of phosphoric ester groups is 1. The summed E-state index contributed by atoms with van der Waals surface area (Å²) in [4.78, 5) is 109. The number of ether oxygens (including phenoxy) is 1. The third-order valence-electron chi connectivity index (χ3n) is 21.2. The maximum atomic E-state index is 14.4. The van der Waals surface area contributed by atoms with Crippen molar-refractivity contribution in [3.63, 3.8) is 0 Å². The average molecular weight is 1330 g/mol. The molecule has 4 unspecified atom stereocenters. The summed E-state index contributed by atoms with van der Waals surface area (Å²) in [6, 6.07) is 0.417. The van der Waals surface area contributed by atoms with Crippen LogP contribution in [0.25, 0.3) is 32.3 Å². The summed E-state index contributed by atoms with van der Waals surface area (Å²) in [5.41, 5.74) is 36.2. The summed E-state index contributed by atoms with van der Waals surface area (Å²) in [7, 11) is -5.06. The van der Waals surface area contributed by atoms with E-state index in [-0.39, 0.29) is 94.0 Å². The summed E-state index contributed by atoms with van der Waals surface area (Å²) in [5, 5.41) is 46.9. The first kappa shape index (κ1) is 72.5. The van der Waals surface area contributed by atoms with Gasteiger partial charge in [-0.15, -0.1) is 34.8 Å². The monoisotopic (exact) mass is 1330 g/mol. The van der Waals surface area contributed by atoms with Gasteiger partial charge in [-0.2, -0.15) is 17.1 Å². The molecule has 0 saturated carbocycles. The molecule has 1 radical (unpaired) electrons. The molecule has 91 heavy (non-hydrogen) atoms. The topological polar surface area (TPSA) is 467 Å². The standard InChI is InChI=1S/C62H92N13O14P.Co/c1-29-20-39-40(21-30(29)2)75(28-70-39)57-52(84)53(41(27-76)87-57)89-90(85,86)88-31(3)26-69-49(83)18-19-59(8)37(22-46(66)80)56-62(11)61(10,25-48(68)82)36(14-17-45(65)79)51(74-62)33(5)55-60(9,24-47(67)81)34(12-15-43(63)77)38(71-55)23-42-58(6,7)35(13-16-44(64)78)50(72-42)32(4)54(59)73-56;/h20-21,23,28,31,34-38,41,50-53,56-57,76,84H,12-19,22,24-27H2,1-11H3,(H14,63,64,65,66,67,68,69,77,78,79,80,81,82,83,85,86);/q-4;/b42-23-,54-32-,55-33-;/t31-,34-,35-,36-,37+,38?,41-,50?,51?,52-,53-,56-,57+,59-,60+,61+,62+;/m1./s1. The quantitative estimate of drug-likeness (QED) is 0.0472. The number of benzene rings is 1. The zero-order valence-electron chi connectivity index (χ0n) is 53.8. The van der Waals surface area contributed by atoms with Crippen molar-refractivity contribution in [1.82, 2.24) is 10.3 Å². The molecule has 1 aromatic carbocycles. The van der Waals surface area contributed by atoms with Gasteiger partial charge < -0.3 is 85.4 Å². The minimum atomic E-state index is -5.06. The largest absolute Gasteiger partial charge is 0.685 e. The predicted octanol–water partition coefficient (Wildman–Crippen LogP) is 3.90. The van der Waals surface area contributed by atoms with Crippen LogP contribution in [0.5, 0.6) is 0 Å². The first-order valence-corrected chi connectivity index (χ1v) is 32.4. The third-order valence-corrected chi connectivity index (χ3v) is 22.3. The van der Waals surface area contributed by atoms with Crippen molar-refractivity contribution in [3.8, 4) is 0 Å². The van der Waals surface area contributed by atoms with Gasteiger partial charge in [0.15, 0.2) is 6.23 Å². The van der Waals surface area contributed by atoms with Gasteiger partial charge in [0.05, 0.1) is 30.1 Å². The van der Waals surface area contributed by atoms with Gasteiger partial charge in [-0.05, 0) is 129 Å². The second kappa shape index (κ2) is 27.2. The maximum absolute atomic E-state index is 14.4. The number of nitrogens with zero attached hydrogens (tertiary/aromatic N) is 6. The molecule has 7 heterocycles. The molecule has 29 heteroatoms. The summed E-state index contributed by atoms with van der Waals surface area (Å²) < 4.78 is 32.3. The zero-order valence-corrected chi connectivity index (χ0v) is 55.7. The van der Waals surface area contributed by atoms with Gasteiger partial charge in [-0.25, -0.2) is 9.55 Å². The number of aromatic nitrogens is 2. The van der Waals surface area contributed by atoms with E-state index in [4.69, 9.17) is 69.5 Å². The molecule has 5 saturated heterocycles. The second-order valence-electron chi connectivity index (χ2n) is 27.5. The SMILES string of the molecule is C/C1=C2/[N-][C@H]([C@H](CC(N)=O)[C@@]2(C)CCC(=O)NC[C@@H](C)OP(=O)(O)O[C@H]2[C@@H](O)[C@@H]([n+]3c[n-]c4cc(C)c(C)cc43)O[C@@H]2CO)[C@]2(C)[N-]C(/C(C)=C3\[N-]C(/C=C4\[N-]C1[C@@H](CCC(N)=O)C4(C)C)[C@@H](CCC(N)=O)[C@]3(C)CC(N)=O)[C@@H](CCC(N)=O)[C@]2(C)CC(N)=O.[Co]. The van der Waals surface area contributed by atoms with E-state index in [9.17, 15) is 53.2 Å². The molecular weight excluding hydrogens is 1240 g/mol. The average Bonchev–Trinajstić information content (AvgIpc) is 1.53. The number of hydrogen-bond acceptors (Lipinski definition) is 13. The van der Waals surface area contributed by atoms with E-state index in [2.05, 4.69) is 10.3 Å². The first-order chi connectivity index (χ1) is 41.8. The Labute approximate surface area is 541 Å². The number of carbonyl (C=O) groups excluding carboxylic acids is 7. The van der Waals surface area contributed by atoms with Gasteiger partial charge in [-0.3, -0.25) is 42.6 Å². The Morgan fingerprint density at radius 1 is 0.736 bits per heavy atom. The third kappa shape index (κ3) is 14.0. The van der Waals surface area contributed by atoms with Crippen LogP contribution < -0.4 is 49.3 Å². The number of primary amides is 6. The van der Waals surface area contributed by atoms with Crippen LogP contribution in [0, 0.1) is 59.2 Å². The van der Waals surface area contributed by atoms with Crippen molar-refractivity contribution in [2.75, 3.05) is 13.2 Å². The van der Waals surface area contributed by atoms with Crippen LogP contribution in [0.3, 0.4) is 0 Å². The number of rotatable bonds is 26. The smallest absolute Gasteiger partial charge is 0.472 e. The summed E-state index contributed by atoms with van der Waals surface area (Å²) in [6.45, 7) is 19.5. The van der Waals surface area contributed by atoms with Gasteiger partial charge in [0, 0.05) is 68.3 Å². The van der Waals surface area contributed by atoms with E-state index in [1.807, 2.05) is 87.4 Å². The number of carbonyl (C=O) groups is 7. The fourth-order valence-corrected chi connectivity index (χ4v) is 17.3. The fourth-order valence-electron chi connectivity index (χ4n) is 16.1. The van der Waals surface area contributed by atoms with Crippen LogP contribution >= 0.6 is 7.82 Å². The summed E-state index contributed by atoms with van der Waals surface area (Å²) in [5.74, 6) is -6.86. The van der Waals surface area contributed by atoms with Gasteiger partial charge >= 0.3 is 7.82 Å². The van der Waals surface area contributed by atoms with Crippen LogP contribution in [0.2, 0.25) is 0 Å². The Morgan fingerprint density at radius 3 is 1.89 bits per heavy atom. The van der Waals surface area contributed by atoms with Crippen molar-refractivity contribution in [2.45, 2.75) is 207 Å². The molecule has 7 amide bonds. The number of aliphatic hydroxyl groups is 2. The zero-order chi connectivity index (χ0) is 66.7. The fraction of sp³-hybridized carbons (Fsp3) is 0.677. The molecule has 8 rings (SSSR count). The summed E-state index contributed by atoms with van der Waals surface area (Å²) in [6.07, 6.45) is -3.96. The minimum Gasteiger partial charge on any atom is -0.685 e. The van der Waals surface area contributed by atoms with Crippen LogP contribution in [0.4, 0.5) is 0 Å². The number of aliphatic hydroxyl groups excluding tert-OH is 2. The maximum Gasteiger partial charge on any atom is 0.472 e. The molecule has 27 nitrogen and oxygen atoms in total. The Hall–Kier alpha value is -5.94. The molecule has 6 aliphatic rings. The first-order valence-electron chi connectivity index (χ1n) is 30.9. The molecule has 2 aromatic rings. The van der Waals surface area contributed by atoms with E-state index < -0.39 is 161 Å². The number of phosphoric acid groups is 1. The van der Waals surface area contributed by atoms with E-state index in [0.29, 0.717) is 39.3 Å². The van der Waals surface area contributed by atoms with Crippen molar-refractivity contribution in [2.24, 2.45) is 79.7 Å². The Kier molecular flexibility index (Phi) is 21.7. The molecule has 5 fully saturated rings. The van der Waals surface area contributed by atoms with Crippen LogP contribution in [-0.2, 0) is 68.7 Å². The number of nitrogens with two attached hydrogens (primary N) is 6. The Balaban J connectivity index is 0.0000118. The summed E-state index contributed by atoms with van der Waals surface area (Å²) >= 11 is 0. The number of imidazole rings is 1. The molecule has 0 aliphatic carbocycles. The number of aryl methyl sites for hydroxylation is 2. The van der Waals surface area contributed by atoms with Crippen molar-refractivity contribution < 1.29 is 88.4 Å². The second-order valence-corrected chi connectivity index (χ2v) is 28.9. The van der Waals surface area contributed by atoms with Gasteiger partial charge in [-0.1, -0.05) is 53.6 Å². The molecule has 6 aliphatic heterocycles. The van der Waals surface area contributed by atoms with Crippen molar-refractivity contribution in [1.29, 1.82) is 0 Å². The van der Waals surface area contributed by atoms with Crippen LogP contribution in [0.15, 0.2) is 52.8 Å².